The first-order valence-electron chi connectivity index (χ1n) is 5.97. The number of carboxylic acid groups (broad SMARTS) is 1. The van der Waals surface area contributed by atoms with Crippen molar-refractivity contribution in [3.63, 3.8) is 0 Å². The van der Waals surface area contributed by atoms with E-state index >= 15 is 0 Å². The summed E-state index contributed by atoms with van der Waals surface area (Å²) in [5.41, 5.74) is 0. The van der Waals surface area contributed by atoms with Gasteiger partial charge in [-0.05, 0) is 51.9 Å². The number of piperidine rings is 1. The van der Waals surface area contributed by atoms with Gasteiger partial charge in [0.15, 0.2) is 0 Å². The van der Waals surface area contributed by atoms with E-state index in [9.17, 15) is 4.79 Å². The van der Waals surface area contributed by atoms with Crippen molar-refractivity contribution in [3.05, 3.63) is 12.2 Å². The van der Waals surface area contributed by atoms with Crippen LogP contribution in [-0.4, -0.2) is 49.2 Å². The summed E-state index contributed by atoms with van der Waals surface area (Å²) in [7, 11) is 2.17. The Morgan fingerprint density at radius 3 is 2.81 bits per heavy atom. The monoisotopic (exact) mass is 226 g/mol. The maximum absolute atomic E-state index is 10.2. The van der Waals surface area contributed by atoms with Gasteiger partial charge in [-0.15, -0.1) is 0 Å². The summed E-state index contributed by atoms with van der Waals surface area (Å²) >= 11 is 0. The van der Waals surface area contributed by atoms with Crippen molar-refractivity contribution in [2.45, 2.75) is 19.3 Å². The minimum absolute atomic E-state index is 0.652. The standard InChI is InChI=1S/C12H22N2O2/c1-14-9-5-11(6-10-14)4-8-13-7-2-3-12(15)16/h2-3,11,13H,4-10H2,1H3,(H,15,16)/b3-2+. The van der Waals surface area contributed by atoms with Crippen LogP contribution >= 0.6 is 0 Å². The zero-order valence-corrected chi connectivity index (χ0v) is 9.98. The molecule has 0 aromatic rings. The average Bonchev–Trinajstić information content (AvgIpc) is 2.25. The summed E-state index contributed by atoms with van der Waals surface area (Å²) in [6.07, 6.45) is 6.63. The summed E-state index contributed by atoms with van der Waals surface area (Å²) in [6.45, 7) is 4.06. The number of likely N-dealkylation sites (tertiary alicyclic amines) is 1. The molecule has 4 nitrogen and oxygen atoms in total. The van der Waals surface area contributed by atoms with Crippen LogP contribution in [-0.2, 0) is 4.79 Å². The second-order valence-electron chi connectivity index (χ2n) is 4.48. The van der Waals surface area contributed by atoms with Crippen molar-refractivity contribution in [2.75, 3.05) is 33.2 Å². The van der Waals surface area contributed by atoms with Crippen LogP contribution in [0, 0.1) is 5.92 Å². The fourth-order valence-electron chi connectivity index (χ4n) is 2.00. The molecule has 1 rings (SSSR count). The maximum atomic E-state index is 10.2. The number of hydrogen-bond acceptors (Lipinski definition) is 3. The Morgan fingerprint density at radius 2 is 2.19 bits per heavy atom. The third-order valence-electron chi connectivity index (χ3n) is 3.09. The topological polar surface area (TPSA) is 52.6 Å². The van der Waals surface area contributed by atoms with E-state index in [-0.39, 0.29) is 0 Å². The number of aliphatic carboxylic acids is 1. The molecule has 16 heavy (non-hydrogen) atoms. The van der Waals surface area contributed by atoms with Gasteiger partial charge in [-0.3, -0.25) is 0 Å². The van der Waals surface area contributed by atoms with E-state index in [4.69, 9.17) is 5.11 Å². The van der Waals surface area contributed by atoms with Crippen molar-refractivity contribution < 1.29 is 9.90 Å². The van der Waals surface area contributed by atoms with E-state index in [1.54, 1.807) is 6.08 Å². The molecule has 4 heteroatoms. The molecule has 0 amide bonds. The first-order valence-corrected chi connectivity index (χ1v) is 5.97. The lowest BCUT2D eigenvalue weighted by Gasteiger charge is -2.28. The molecule has 0 aromatic heterocycles. The second-order valence-corrected chi connectivity index (χ2v) is 4.48. The number of nitrogens with zero attached hydrogens (tertiary/aromatic N) is 1. The van der Waals surface area contributed by atoms with Gasteiger partial charge in [-0.2, -0.15) is 0 Å². The van der Waals surface area contributed by atoms with E-state index in [2.05, 4.69) is 17.3 Å². The van der Waals surface area contributed by atoms with Gasteiger partial charge >= 0.3 is 5.97 Å². The summed E-state index contributed by atoms with van der Waals surface area (Å²) in [6, 6.07) is 0. The molecule has 92 valence electrons. The van der Waals surface area contributed by atoms with E-state index < -0.39 is 5.97 Å². The Hall–Kier alpha value is -0.870. The fraction of sp³-hybridized carbons (Fsp3) is 0.750. The third-order valence-corrected chi connectivity index (χ3v) is 3.09. The molecule has 1 heterocycles. The highest BCUT2D eigenvalue weighted by molar-refractivity contribution is 5.79. The van der Waals surface area contributed by atoms with Crippen molar-refractivity contribution in [1.82, 2.24) is 10.2 Å². The highest BCUT2D eigenvalue weighted by atomic mass is 16.4. The van der Waals surface area contributed by atoms with Gasteiger partial charge in [-0.1, -0.05) is 6.08 Å². The molecule has 2 N–H and O–H groups in total. The Balaban J connectivity index is 1.97. The molecule has 0 aromatic carbocycles. The number of nitrogens with one attached hydrogen (secondary N) is 1. The van der Waals surface area contributed by atoms with E-state index in [0.717, 1.165) is 12.5 Å². The van der Waals surface area contributed by atoms with Crippen LogP contribution in [0.1, 0.15) is 19.3 Å². The number of carboxylic acids is 1. The second kappa shape index (κ2) is 7.41. The SMILES string of the molecule is CN1CCC(CCNC/C=C/C(=O)O)CC1. The molecule has 0 spiro atoms. The van der Waals surface area contributed by atoms with Gasteiger partial charge in [0.25, 0.3) is 0 Å². The van der Waals surface area contributed by atoms with Crippen LogP contribution in [0.15, 0.2) is 12.2 Å². The number of carbonyl (C=O) groups is 1. The van der Waals surface area contributed by atoms with Crippen LogP contribution in [0.3, 0.4) is 0 Å². The third kappa shape index (κ3) is 5.88. The average molecular weight is 226 g/mol. The lowest BCUT2D eigenvalue weighted by atomic mass is 9.94. The molecule has 1 aliphatic heterocycles. The van der Waals surface area contributed by atoms with Crippen molar-refractivity contribution >= 4 is 5.97 Å². The van der Waals surface area contributed by atoms with Crippen molar-refractivity contribution in [1.29, 1.82) is 0 Å². The van der Waals surface area contributed by atoms with Gasteiger partial charge in [0, 0.05) is 12.6 Å². The predicted molar refractivity (Wildman–Crippen MR) is 64.5 cm³/mol. The molecular weight excluding hydrogens is 204 g/mol. The molecule has 1 aliphatic rings. The van der Waals surface area contributed by atoms with Crippen LogP contribution in [0.2, 0.25) is 0 Å². The maximum Gasteiger partial charge on any atom is 0.328 e. The largest absolute Gasteiger partial charge is 0.478 e. The van der Waals surface area contributed by atoms with E-state index in [0.29, 0.717) is 6.54 Å². The van der Waals surface area contributed by atoms with Crippen molar-refractivity contribution in [3.8, 4) is 0 Å². The highest BCUT2D eigenvalue weighted by Gasteiger charge is 2.15. The molecular formula is C12H22N2O2. The molecule has 0 atom stereocenters. The summed E-state index contributed by atoms with van der Waals surface area (Å²) in [5.74, 6) is -0.0377. The smallest absolute Gasteiger partial charge is 0.328 e. The van der Waals surface area contributed by atoms with Gasteiger partial charge in [-0.25, -0.2) is 4.79 Å². The van der Waals surface area contributed by atoms with Crippen molar-refractivity contribution in [2.24, 2.45) is 5.92 Å². The summed E-state index contributed by atoms with van der Waals surface area (Å²) in [5, 5.41) is 11.6. The molecule has 1 fully saturated rings. The Kier molecular flexibility index (Phi) is 6.11. The quantitative estimate of drug-likeness (QED) is 0.523. The van der Waals surface area contributed by atoms with E-state index in [1.807, 2.05) is 0 Å². The molecule has 1 saturated heterocycles. The number of hydrogen-bond donors (Lipinski definition) is 2. The van der Waals surface area contributed by atoms with Crippen LogP contribution in [0.4, 0.5) is 0 Å². The van der Waals surface area contributed by atoms with Crippen LogP contribution < -0.4 is 5.32 Å². The lowest BCUT2D eigenvalue weighted by Crippen LogP contribution is -2.31. The predicted octanol–water partition coefficient (Wildman–Crippen LogP) is 0.949. The first-order chi connectivity index (χ1) is 7.68. The Bertz CT molecular complexity index is 233. The lowest BCUT2D eigenvalue weighted by molar-refractivity contribution is -0.131. The molecule has 0 saturated carbocycles. The minimum atomic E-state index is -0.878. The highest BCUT2D eigenvalue weighted by Crippen LogP contribution is 2.18. The molecule has 0 unspecified atom stereocenters. The van der Waals surface area contributed by atoms with Gasteiger partial charge in [0.1, 0.15) is 0 Å². The van der Waals surface area contributed by atoms with Gasteiger partial charge in [0.05, 0.1) is 0 Å². The number of rotatable bonds is 6. The molecule has 0 aliphatic carbocycles. The zero-order chi connectivity index (χ0) is 11.8. The molecule has 0 radical (unpaired) electrons. The fourth-order valence-corrected chi connectivity index (χ4v) is 2.00. The summed E-state index contributed by atoms with van der Waals surface area (Å²) < 4.78 is 0. The minimum Gasteiger partial charge on any atom is -0.478 e. The van der Waals surface area contributed by atoms with E-state index in [1.165, 1.54) is 38.4 Å². The van der Waals surface area contributed by atoms with Gasteiger partial charge in [0.2, 0.25) is 0 Å². The Morgan fingerprint density at radius 1 is 1.50 bits per heavy atom. The zero-order valence-electron chi connectivity index (χ0n) is 9.98. The van der Waals surface area contributed by atoms with Crippen LogP contribution in [0.5, 0.6) is 0 Å². The molecule has 0 bridgehead atoms. The normalized spacial score (nSPS) is 19.3. The first kappa shape index (κ1) is 13.2. The summed E-state index contributed by atoms with van der Waals surface area (Å²) in [4.78, 5) is 12.6. The Labute approximate surface area is 97.3 Å². The van der Waals surface area contributed by atoms with Gasteiger partial charge < -0.3 is 15.3 Å². The van der Waals surface area contributed by atoms with Crippen LogP contribution in [0.25, 0.3) is 0 Å².